The van der Waals surface area contributed by atoms with Gasteiger partial charge in [0.15, 0.2) is 5.75 Å². The van der Waals surface area contributed by atoms with Crippen LogP contribution in [0.3, 0.4) is 0 Å². The number of pyridine rings is 1. The zero-order valence-electron chi connectivity index (χ0n) is 6.77. The third kappa shape index (κ3) is 3.49. The van der Waals surface area contributed by atoms with Crippen LogP contribution < -0.4 is 4.74 Å². The molecule has 1 aromatic rings. The Hall–Kier alpha value is -0.560. The first-order valence-corrected chi connectivity index (χ1v) is 5.22. The average Bonchev–Trinajstić information content (AvgIpc) is 2.07. The highest BCUT2D eigenvalue weighted by atomic mass is 127. The van der Waals surface area contributed by atoms with Crippen molar-refractivity contribution < 1.29 is 17.9 Å². The number of halogens is 5. The molecule has 1 aromatic heterocycles. The standard InChI is InChI=1S/C7HBrF3IN2O/c8-4-1-3(2-13)5(6(12)14-4)15-7(9,10)11/h1H. The van der Waals surface area contributed by atoms with Crippen LogP contribution in [0.1, 0.15) is 5.56 Å². The van der Waals surface area contributed by atoms with Crippen LogP contribution >= 0.6 is 38.5 Å². The lowest BCUT2D eigenvalue weighted by atomic mass is 10.3. The van der Waals surface area contributed by atoms with E-state index in [0.717, 1.165) is 6.07 Å². The van der Waals surface area contributed by atoms with Gasteiger partial charge in [-0.15, -0.1) is 13.2 Å². The Labute approximate surface area is 105 Å². The average molecular weight is 393 g/mol. The number of ether oxygens (including phenoxy) is 1. The lowest BCUT2D eigenvalue weighted by molar-refractivity contribution is -0.275. The maximum atomic E-state index is 12.0. The van der Waals surface area contributed by atoms with E-state index in [9.17, 15) is 13.2 Å². The molecular weight excluding hydrogens is 392 g/mol. The monoisotopic (exact) mass is 392 g/mol. The van der Waals surface area contributed by atoms with E-state index in [1.165, 1.54) is 0 Å². The van der Waals surface area contributed by atoms with E-state index >= 15 is 0 Å². The first kappa shape index (κ1) is 12.5. The zero-order chi connectivity index (χ0) is 11.6. The quantitative estimate of drug-likeness (QED) is 0.544. The molecule has 0 amide bonds. The molecule has 1 rings (SSSR count). The second-order valence-electron chi connectivity index (χ2n) is 2.27. The van der Waals surface area contributed by atoms with Crippen LogP contribution in [-0.2, 0) is 0 Å². The van der Waals surface area contributed by atoms with Crippen molar-refractivity contribution in [3.63, 3.8) is 0 Å². The number of rotatable bonds is 1. The maximum absolute atomic E-state index is 12.0. The van der Waals surface area contributed by atoms with E-state index in [-0.39, 0.29) is 13.9 Å². The van der Waals surface area contributed by atoms with Gasteiger partial charge in [0.25, 0.3) is 0 Å². The van der Waals surface area contributed by atoms with Gasteiger partial charge in [-0.3, -0.25) is 0 Å². The van der Waals surface area contributed by atoms with Crippen LogP contribution in [0.5, 0.6) is 5.75 Å². The highest BCUT2D eigenvalue weighted by Gasteiger charge is 2.33. The Morgan fingerprint density at radius 1 is 1.53 bits per heavy atom. The van der Waals surface area contributed by atoms with Crippen molar-refractivity contribution in [2.45, 2.75) is 6.36 Å². The molecule has 0 aliphatic carbocycles. The van der Waals surface area contributed by atoms with E-state index in [1.807, 2.05) is 0 Å². The van der Waals surface area contributed by atoms with Crippen molar-refractivity contribution in [2.75, 3.05) is 0 Å². The molecule has 8 heteroatoms. The fourth-order valence-electron chi connectivity index (χ4n) is 0.768. The highest BCUT2D eigenvalue weighted by Crippen LogP contribution is 2.31. The smallest absolute Gasteiger partial charge is 0.402 e. The van der Waals surface area contributed by atoms with Crippen molar-refractivity contribution in [1.82, 2.24) is 4.98 Å². The summed E-state index contributed by atoms with van der Waals surface area (Å²) in [5.74, 6) is -0.575. The Balaban J connectivity index is 3.23. The Bertz CT molecular complexity index is 429. The SMILES string of the molecule is N#Cc1cc(Br)nc(I)c1OC(F)(F)F. The van der Waals surface area contributed by atoms with Gasteiger partial charge >= 0.3 is 6.36 Å². The predicted octanol–water partition coefficient (Wildman–Crippen LogP) is 3.22. The summed E-state index contributed by atoms with van der Waals surface area (Å²) >= 11 is 4.52. The van der Waals surface area contributed by atoms with E-state index in [1.54, 1.807) is 28.7 Å². The molecule has 15 heavy (non-hydrogen) atoms. The van der Waals surface area contributed by atoms with E-state index in [0.29, 0.717) is 0 Å². The van der Waals surface area contributed by atoms with Gasteiger partial charge in [0.2, 0.25) is 0 Å². The van der Waals surface area contributed by atoms with E-state index in [2.05, 4.69) is 25.7 Å². The summed E-state index contributed by atoms with van der Waals surface area (Å²) in [6.45, 7) is 0. The molecule has 0 atom stereocenters. The molecule has 1 heterocycles. The van der Waals surface area contributed by atoms with Gasteiger partial charge in [-0.1, -0.05) is 0 Å². The molecule has 3 nitrogen and oxygen atoms in total. The minimum Gasteiger partial charge on any atom is -0.402 e. The normalized spacial score (nSPS) is 10.9. The molecule has 0 saturated carbocycles. The Kier molecular flexibility index (Phi) is 3.77. The van der Waals surface area contributed by atoms with Crippen molar-refractivity contribution in [3.8, 4) is 11.8 Å². The third-order valence-electron chi connectivity index (χ3n) is 1.24. The van der Waals surface area contributed by atoms with Gasteiger partial charge in [-0.25, -0.2) is 4.98 Å². The molecule has 0 aromatic carbocycles. The molecule has 0 aliphatic heterocycles. The molecular formula is C7HBrF3IN2O. The first-order chi connectivity index (χ1) is 6.83. The Morgan fingerprint density at radius 2 is 2.13 bits per heavy atom. The first-order valence-electron chi connectivity index (χ1n) is 3.35. The molecule has 0 bridgehead atoms. The minimum atomic E-state index is -4.83. The van der Waals surface area contributed by atoms with Crippen LogP contribution in [0.2, 0.25) is 0 Å². The van der Waals surface area contributed by atoms with E-state index in [4.69, 9.17) is 5.26 Å². The van der Waals surface area contributed by atoms with Gasteiger partial charge in [0.05, 0.1) is 5.56 Å². The lowest BCUT2D eigenvalue weighted by Gasteiger charge is -2.11. The molecule has 0 aliphatic rings. The van der Waals surface area contributed by atoms with Crippen molar-refractivity contribution >= 4 is 38.5 Å². The van der Waals surface area contributed by atoms with Gasteiger partial charge in [0.1, 0.15) is 14.4 Å². The molecule has 0 spiro atoms. The van der Waals surface area contributed by atoms with Gasteiger partial charge < -0.3 is 4.74 Å². The van der Waals surface area contributed by atoms with Crippen LogP contribution in [-0.4, -0.2) is 11.3 Å². The van der Waals surface area contributed by atoms with Crippen molar-refractivity contribution in [2.24, 2.45) is 0 Å². The number of nitrogens with zero attached hydrogens (tertiary/aromatic N) is 2. The molecule has 80 valence electrons. The summed E-state index contributed by atoms with van der Waals surface area (Å²) in [4.78, 5) is 3.69. The summed E-state index contributed by atoms with van der Waals surface area (Å²) in [5.41, 5.74) is -0.224. The molecule has 0 unspecified atom stereocenters. The van der Waals surface area contributed by atoms with Gasteiger partial charge in [-0.2, -0.15) is 5.26 Å². The highest BCUT2D eigenvalue weighted by molar-refractivity contribution is 14.1. The maximum Gasteiger partial charge on any atom is 0.573 e. The number of hydrogen-bond acceptors (Lipinski definition) is 3. The van der Waals surface area contributed by atoms with Gasteiger partial charge in [0, 0.05) is 0 Å². The van der Waals surface area contributed by atoms with Crippen LogP contribution in [0.15, 0.2) is 10.7 Å². The summed E-state index contributed by atoms with van der Waals surface area (Å²) in [6.07, 6.45) is -4.83. The summed E-state index contributed by atoms with van der Waals surface area (Å²) in [6, 6.07) is 2.76. The Morgan fingerprint density at radius 3 is 2.60 bits per heavy atom. The van der Waals surface area contributed by atoms with E-state index < -0.39 is 12.1 Å². The van der Waals surface area contributed by atoms with Crippen molar-refractivity contribution in [3.05, 3.63) is 19.9 Å². The fraction of sp³-hybridized carbons (Fsp3) is 0.143. The van der Waals surface area contributed by atoms with Crippen molar-refractivity contribution in [1.29, 1.82) is 5.26 Å². The largest absolute Gasteiger partial charge is 0.573 e. The molecule has 0 saturated heterocycles. The molecule has 0 radical (unpaired) electrons. The minimum absolute atomic E-state index is 0.0316. The summed E-state index contributed by atoms with van der Waals surface area (Å²) in [7, 11) is 0. The number of nitriles is 1. The summed E-state index contributed by atoms with van der Waals surface area (Å²) in [5, 5.41) is 8.61. The topological polar surface area (TPSA) is 45.9 Å². The number of aromatic nitrogens is 1. The summed E-state index contributed by atoms with van der Waals surface area (Å²) < 4.78 is 39.8. The van der Waals surface area contributed by atoms with Gasteiger partial charge in [-0.05, 0) is 44.6 Å². The van der Waals surface area contributed by atoms with Crippen LogP contribution in [0.25, 0.3) is 0 Å². The second-order valence-corrected chi connectivity index (χ2v) is 4.11. The van der Waals surface area contributed by atoms with Crippen LogP contribution in [0, 0.1) is 15.0 Å². The number of hydrogen-bond donors (Lipinski definition) is 0. The molecule has 0 N–H and O–H groups in total. The molecule has 0 fully saturated rings. The number of alkyl halides is 3. The predicted molar refractivity (Wildman–Crippen MR) is 56.1 cm³/mol. The van der Waals surface area contributed by atoms with Crippen LogP contribution in [0.4, 0.5) is 13.2 Å². The second kappa shape index (κ2) is 4.52. The third-order valence-corrected chi connectivity index (χ3v) is 2.38. The lowest BCUT2D eigenvalue weighted by Crippen LogP contribution is -2.19. The fourth-order valence-corrected chi connectivity index (χ4v) is 2.17. The zero-order valence-corrected chi connectivity index (χ0v) is 10.5.